The third-order valence-electron chi connectivity index (χ3n) is 3.42. The molecule has 0 amide bonds. The number of hydrogen-bond donors (Lipinski definition) is 2. The Morgan fingerprint density at radius 2 is 1.76 bits per heavy atom. The molecule has 0 aliphatic carbocycles. The molecule has 108 valence electrons. The van der Waals surface area contributed by atoms with Gasteiger partial charge in [-0.15, -0.1) is 0 Å². The number of benzene rings is 2. The van der Waals surface area contributed by atoms with E-state index in [9.17, 15) is 0 Å². The number of anilines is 3. The van der Waals surface area contributed by atoms with E-state index in [1.807, 2.05) is 30.3 Å². The fourth-order valence-electron chi connectivity index (χ4n) is 2.14. The molecule has 4 heteroatoms. The molecule has 3 rings (SSSR count). The highest BCUT2D eigenvalue weighted by Crippen LogP contribution is 2.28. The van der Waals surface area contributed by atoms with Gasteiger partial charge in [0.2, 0.25) is 0 Å². The normalized spacial score (nSPS) is 11.8. The van der Waals surface area contributed by atoms with Crippen molar-refractivity contribution in [1.29, 1.82) is 0 Å². The maximum absolute atomic E-state index is 5.72. The SMILES string of the molecule is CC(C)(C)c1ccc2oc(Nc3ccc(N)cc3)nc2c1. The van der Waals surface area contributed by atoms with Crippen molar-refractivity contribution in [3.8, 4) is 0 Å². The van der Waals surface area contributed by atoms with E-state index < -0.39 is 0 Å². The maximum Gasteiger partial charge on any atom is 0.300 e. The molecule has 2 aromatic carbocycles. The first-order valence-electron chi connectivity index (χ1n) is 6.95. The number of nitrogens with zero attached hydrogens (tertiary/aromatic N) is 1. The van der Waals surface area contributed by atoms with E-state index >= 15 is 0 Å². The Bertz CT molecular complexity index is 767. The molecule has 0 fully saturated rings. The van der Waals surface area contributed by atoms with Gasteiger partial charge in [0.25, 0.3) is 6.01 Å². The Labute approximate surface area is 124 Å². The second kappa shape index (κ2) is 4.81. The number of hydrogen-bond acceptors (Lipinski definition) is 4. The van der Waals surface area contributed by atoms with Crippen molar-refractivity contribution in [2.75, 3.05) is 11.1 Å². The largest absolute Gasteiger partial charge is 0.423 e. The third kappa shape index (κ3) is 2.84. The number of nitrogens with one attached hydrogen (secondary N) is 1. The lowest BCUT2D eigenvalue weighted by molar-refractivity contribution is 0.590. The van der Waals surface area contributed by atoms with E-state index in [0.717, 1.165) is 22.5 Å². The summed E-state index contributed by atoms with van der Waals surface area (Å²) in [5, 5.41) is 3.15. The Morgan fingerprint density at radius 3 is 2.43 bits per heavy atom. The Kier molecular flexibility index (Phi) is 3.09. The molecule has 3 aromatic rings. The third-order valence-corrected chi connectivity index (χ3v) is 3.42. The highest BCUT2D eigenvalue weighted by atomic mass is 16.4. The Morgan fingerprint density at radius 1 is 1.05 bits per heavy atom. The highest BCUT2D eigenvalue weighted by molar-refractivity contribution is 5.76. The molecule has 0 spiro atoms. The second-order valence-electron chi connectivity index (χ2n) is 6.20. The van der Waals surface area contributed by atoms with Gasteiger partial charge in [0.1, 0.15) is 5.52 Å². The number of fused-ring (bicyclic) bond motifs is 1. The fourth-order valence-corrected chi connectivity index (χ4v) is 2.14. The molecule has 0 atom stereocenters. The van der Waals surface area contributed by atoms with Crippen LogP contribution in [-0.4, -0.2) is 4.98 Å². The molecule has 1 aromatic heterocycles. The summed E-state index contributed by atoms with van der Waals surface area (Å²) < 4.78 is 5.72. The molecule has 0 unspecified atom stereocenters. The average Bonchev–Trinajstić information content (AvgIpc) is 2.81. The van der Waals surface area contributed by atoms with Gasteiger partial charge in [-0.1, -0.05) is 26.8 Å². The first kappa shape index (κ1) is 13.5. The van der Waals surface area contributed by atoms with Crippen LogP contribution in [0.4, 0.5) is 17.4 Å². The Hall–Kier alpha value is -2.49. The topological polar surface area (TPSA) is 64.1 Å². The van der Waals surface area contributed by atoms with Crippen molar-refractivity contribution in [3.63, 3.8) is 0 Å². The number of rotatable bonds is 2. The van der Waals surface area contributed by atoms with Crippen molar-refractivity contribution in [2.24, 2.45) is 0 Å². The smallest absolute Gasteiger partial charge is 0.300 e. The van der Waals surface area contributed by atoms with Crippen LogP contribution in [0.3, 0.4) is 0 Å². The van der Waals surface area contributed by atoms with E-state index in [1.165, 1.54) is 5.56 Å². The molecular weight excluding hydrogens is 262 g/mol. The van der Waals surface area contributed by atoms with Crippen LogP contribution in [0.1, 0.15) is 26.3 Å². The van der Waals surface area contributed by atoms with E-state index in [4.69, 9.17) is 10.2 Å². The van der Waals surface area contributed by atoms with Crippen molar-refractivity contribution in [1.82, 2.24) is 4.98 Å². The van der Waals surface area contributed by atoms with Crippen molar-refractivity contribution < 1.29 is 4.42 Å². The summed E-state index contributed by atoms with van der Waals surface area (Å²) in [5.41, 5.74) is 10.3. The first-order valence-corrected chi connectivity index (χ1v) is 6.95. The zero-order chi connectivity index (χ0) is 15.0. The molecule has 1 heterocycles. The molecule has 21 heavy (non-hydrogen) atoms. The monoisotopic (exact) mass is 281 g/mol. The van der Waals surface area contributed by atoms with Gasteiger partial charge in [-0.2, -0.15) is 4.98 Å². The molecule has 0 bridgehead atoms. The molecule has 0 aliphatic heterocycles. The van der Waals surface area contributed by atoms with E-state index in [1.54, 1.807) is 0 Å². The van der Waals surface area contributed by atoms with Crippen LogP contribution in [-0.2, 0) is 5.41 Å². The maximum atomic E-state index is 5.72. The van der Waals surface area contributed by atoms with Crippen LogP contribution in [0, 0.1) is 0 Å². The van der Waals surface area contributed by atoms with Gasteiger partial charge >= 0.3 is 0 Å². The summed E-state index contributed by atoms with van der Waals surface area (Å²) >= 11 is 0. The van der Waals surface area contributed by atoms with Crippen LogP contribution >= 0.6 is 0 Å². The summed E-state index contributed by atoms with van der Waals surface area (Å²) in [6.07, 6.45) is 0. The van der Waals surface area contributed by atoms with Gasteiger partial charge in [0.05, 0.1) is 0 Å². The minimum atomic E-state index is 0.0949. The van der Waals surface area contributed by atoms with Crippen LogP contribution < -0.4 is 11.1 Å². The molecule has 4 nitrogen and oxygen atoms in total. The minimum absolute atomic E-state index is 0.0949. The van der Waals surface area contributed by atoms with Crippen LogP contribution in [0.15, 0.2) is 46.9 Å². The quantitative estimate of drug-likeness (QED) is 0.681. The van der Waals surface area contributed by atoms with Gasteiger partial charge in [0, 0.05) is 11.4 Å². The molecular formula is C17H19N3O. The number of nitrogen functional groups attached to an aromatic ring is 1. The van der Waals surface area contributed by atoms with Crippen molar-refractivity contribution in [3.05, 3.63) is 48.0 Å². The lowest BCUT2D eigenvalue weighted by atomic mass is 9.87. The molecule has 0 aliphatic rings. The molecule has 0 saturated carbocycles. The predicted molar refractivity (Wildman–Crippen MR) is 86.8 cm³/mol. The number of nitrogens with two attached hydrogens (primary N) is 1. The molecule has 3 N–H and O–H groups in total. The van der Waals surface area contributed by atoms with Crippen LogP contribution in [0.25, 0.3) is 11.1 Å². The van der Waals surface area contributed by atoms with E-state index in [2.05, 4.69) is 43.2 Å². The summed E-state index contributed by atoms with van der Waals surface area (Å²) in [7, 11) is 0. The number of oxazole rings is 1. The second-order valence-corrected chi connectivity index (χ2v) is 6.20. The van der Waals surface area contributed by atoms with Crippen molar-refractivity contribution in [2.45, 2.75) is 26.2 Å². The predicted octanol–water partition coefficient (Wildman–Crippen LogP) is 4.45. The standard InChI is InChI=1S/C17H19N3O/c1-17(2,3)11-4-9-15-14(10-11)20-16(21-15)19-13-7-5-12(18)6-8-13/h4-10H,18H2,1-3H3,(H,19,20). The van der Waals surface area contributed by atoms with Crippen molar-refractivity contribution >= 4 is 28.5 Å². The Balaban J connectivity index is 1.92. The summed E-state index contributed by atoms with van der Waals surface area (Å²) in [6.45, 7) is 6.55. The summed E-state index contributed by atoms with van der Waals surface area (Å²) in [5.74, 6) is 0. The van der Waals surface area contributed by atoms with Gasteiger partial charge in [0.15, 0.2) is 5.58 Å². The van der Waals surface area contributed by atoms with Crippen LogP contribution in [0.5, 0.6) is 0 Å². The summed E-state index contributed by atoms with van der Waals surface area (Å²) in [6, 6.07) is 14.1. The lowest BCUT2D eigenvalue weighted by Gasteiger charge is -2.18. The minimum Gasteiger partial charge on any atom is -0.423 e. The summed E-state index contributed by atoms with van der Waals surface area (Å²) in [4.78, 5) is 4.50. The average molecular weight is 281 g/mol. The lowest BCUT2D eigenvalue weighted by Crippen LogP contribution is -2.10. The first-order chi connectivity index (χ1) is 9.91. The van der Waals surface area contributed by atoms with Gasteiger partial charge in [-0.25, -0.2) is 0 Å². The highest BCUT2D eigenvalue weighted by Gasteiger charge is 2.15. The van der Waals surface area contributed by atoms with Crippen LogP contribution in [0.2, 0.25) is 0 Å². The van der Waals surface area contributed by atoms with Gasteiger partial charge in [-0.3, -0.25) is 0 Å². The zero-order valence-electron chi connectivity index (χ0n) is 12.5. The zero-order valence-corrected chi connectivity index (χ0v) is 12.5. The van der Waals surface area contributed by atoms with E-state index in [-0.39, 0.29) is 5.41 Å². The fraction of sp³-hybridized carbons (Fsp3) is 0.235. The van der Waals surface area contributed by atoms with Gasteiger partial charge in [-0.05, 0) is 47.4 Å². The molecule has 0 radical (unpaired) electrons. The molecule has 0 saturated heterocycles. The van der Waals surface area contributed by atoms with E-state index in [0.29, 0.717) is 6.01 Å². The number of aromatic nitrogens is 1. The van der Waals surface area contributed by atoms with Gasteiger partial charge < -0.3 is 15.5 Å².